The number of rotatable bonds is 46. The zero-order valence-corrected chi connectivity index (χ0v) is 40.2. The summed E-state index contributed by atoms with van der Waals surface area (Å²) in [6, 6.07) is 0. The average molecular weight is 853 g/mol. The van der Waals surface area contributed by atoms with Gasteiger partial charge in [0, 0.05) is 19.3 Å². The van der Waals surface area contributed by atoms with Crippen molar-refractivity contribution < 1.29 is 28.6 Å². The first kappa shape index (κ1) is 58.1. The fraction of sp³-hybridized carbons (Fsp3) is 0.764. The lowest BCUT2D eigenvalue weighted by Gasteiger charge is -2.18. The number of esters is 3. The summed E-state index contributed by atoms with van der Waals surface area (Å²) in [6.07, 6.45) is 60.8. The highest BCUT2D eigenvalue weighted by Gasteiger charge is 2.19. The molecule has 0 spiro atoms. The second kappa shape index (κ2) is 49.8. The minimum absolute atomic E-state index is 0.111. The fourth-order valence-corrected chi connectivity index (χ4v) is 7.07. The third-order valence-electron chi connectivity index (χ3n) is 11.0. The van der Waals surface area contributed by atoms with Crippen molar-refractivity contribution in [3.8, 4) is 0 Å². The molecule has 0 rings (SSSR count). The predicted octanol–water partition coefficient (Wildman–Crippen LogP) is 16.9. The van der Waals surface area contributed by atoms with E-state index in [1.807, 2.05) is 6.08 Å². The van der Waals surface area contributed by atoms with E-state index in [1.54, 1.807) is 0 Å². The van der Waals surface area contributed by atoms with E-state index in [1.165, 1.54) is 128 Å². The van der Waals surface area contributed by atoms with Crippen LogP contribution in [0.25, 0.3) is 0 Å². The van der Waals surface area contributed by atoms with Gasteiger partial charge in [0.05, 0.1) is 0 Å². The molecule has 0 aromatic carbocycles. The van der Waals surface area contributed by atoms with E-state index >= 15 is 0 Å². The lowest BCUT2D eigenvalue weighted by Crippen LogP contribution is -2.30. The molecule has 61 heavy (non-hydrogen) atoms. The smallest absolute Gasteiger partial charge is 0.306 e. The van der Waals surface area contributed by atoms with Crippen molar-refractivity contribution in [2.24, 2.45) is 0 Å². The van der Waals surface area contributed by atoms with E-state index in [4.69, 9.17) is 14.2 Å². The zero-order valence-electron chi connectivity index (χ0n) is 40.2. The van der Waals surface area contributed by atoms with Gasteiger partial charge < -0.3 is 14.2 Å². The lowest BCUT2D eigenvalue weighted by molar-refractivity contribution is -0.166. The molecule has 1 atom stereocenters. The highest BCUT2D eigenvalue weighted by atomic mass is 16.6. The number of hydrogen-bond acceptors (Lipinski definition) is 6. The van der Waals surface area contributed by atoms with Crippen LogP contribution in [0.1, 0.15) is 252 Å². The van der Waals surface area contributed by atoms with E-state index in [9.17, 15) is 14.4 Å². The van der Waals surface area contributed by atoms with Crippen LogP contribution in [0.4, 0.5) is 0 Å². The highest BCUT2D eigenvalue weighted by molar-refractivity contribution is 5.71. The van der Waals surface area contributed by atoms with Crippen LogP contribution in [0.5, 0.6) is 0 Å². The van der Waals surface area contributed by atoms with Gasteiger partial charge in [-0.05, 0) is 89.9 Å². The Labute approximate surface area is 377 Å². The van der Waals surface area contributed by atoms with E-state index in [0.29, 0.717) is 19.3 Å². The molecule has 0 saturated heterocycles. The Bertz CT molecular complexity index is 1120. The van der Waals surface area contributed by atoms with Gasteiger partial charge in [0.2, 0.25) is 0 Å². The number of unbranched alkanes of at least 4 members (excludes halogenated alkanes) is 26. The molecule has 0 aromatic heterocycles. The molecule has 6 heteroatoms. The second-order valence-corrected chi connectivity index (χ2v) is 17.1. The number of allylic oxidation sites excluding steroid dienone is 10. The van der Waals surface area contributed by atoms with Gasteiger partial charge in [-0.3, -0.25) is 14.4 Å². The van der Waals surface area contributed by atoms with Crippen molar-refractivity contribution in [1.82, 2.24) is 0 Å². The fourth-order valence-electron chi connectivity index (χ4n) is 7.07. The van der Waals surface area contributed by atoms with Gasteiger partial charge in [0.25, 0.3) is 0 Å². The minimum Gasteiger partial charge on any atom is -0.462 e. The summed E-state index contributed by atoms with van der Waals surface area (Å²) >= 11 is 0. The predicted molar refractivity (Wildman–Crippen MR) is 261 cm³/mol. The van der Waals surface area contributed by atoms with Crippen molar-refractivity contribution in [3.05, 3.63) is 60.8 Å². The van der Waals surface area contributed by atoms with Gasteiger partial charge in [-0.2, -0.15) is 0 Å². The largest absolute Gasteiger partial charge is 0.462 e. The van der Waals surface area contributed by atoms with E-state index in [-0.39, 0.29) is 37.5 Å². The molecular formula is C55H96O6. The van der Waals surface area contributed by atoms with Gasteiger partial charge in [-0.1, -0.05) is 204 Å². The quantitative estimate of drug-likeness (QED) is 0.0200. The third-order valence-corrected chi connectivity index (χ3v) is 11.0. The monoisotopic (exact) mass is 853 g/mol. The van der Waals surface area contributed by atoms with E-state index in [0.717, 1.165) is 77.0 Å². The summed E-state index contributed by atoms with van der Waals surface area (Å²) in [5.74, 6) is -1.02. The Balaban J connectivity index is 4.50. The van der Waals surface area contributed by atoms with Crippen LogP contribution >= 0.6 is 0 Å². The molecule has 6 nitrogen and oxygen atoms in total. The topological polar surface area (TPSA) is 78.9 Å². The Morgan fingerprint density at radius 3 is 1.11 bits per heavy atom. The summed E-state index contributed by atoms with van der Waals surface area (Å²) in [5.41, 5.74) is 0. The lowest BCUT2D eigenvalue weighted by atomic mass is 10.1. The molecular weight excluding hydrogens is 757 g/mol. The first-order chi connectivity index (χ1) is 30.0. The summed E-state index contributed by atoms with van der Waals surface area (Å²) < 4.78 is 16.7. The van der Waals surface area contributed by atoms with Crippen molar-refractivity contribution >= 4 is 17.9 Å². The van der Waals surface area contributed by atoms with Crippen molar-refractivity contribution in [2.45, 2.75) is 258 Å². The molecule has 0 aromatic rings. The van der Waals surface area contributed by atoms with Crippen LogP contribution in [0.2, 0.25) is 0 Å². The van der Waals surface area contributed by atoms with Gasteiger partial charge in [0.1, 0.15) is 13.2 Å². The van der Waals surface area contributed by atoms with E-state index < -0.39 is 6.10 Å². The van der Waals surface area contributed by atoms with Crippen molar-refractivity contribution in [1.29, 1.82) is 0 Å². The Hall–Kier alpha value is -2.89. The van der Waals surface area contributed by atoms with Crippen LogP contribution in [0.3, 0.4) is 0 Å². The normalized spacial score (nSPS) is 12.5. The maximum Gasteiger partial charge on any atom is 0.306 e. The van der Waals surface area contributed by atoms with Gasteiger partial charge in [-0.15, -0.1) is 0 Å². The first-order valence-electron chi connectivity index (χ1n) is 25.8. The molecule has 0 N–H and O–H groups in total. The van der Waals surface area contributed by atoms with Crippen LogP contribution in [0.15, 0.2) is 60.8 Å². The number of carbonyl (C=O) groups excluding carboxylic acids is 3. The summed E-state index contributed by atoms with van der Waals surface area (Å²) in [6.45, 7) is 6.53. The van der Waals surface area contributed by atoms with Crippen LogP contribution in [-0.4, -0.2) is 37.2 Å². The Morgan fingerprint density at radius 1 is 0.344 bits per heavy atom. The standard InChI is InChI=1S/C55H96O6/c1-4-7-10-13-16-19-22-25-27-28-31-33-36-39-42-45-48-54(57)60-51-52(50-59-53(56)47-44-41-38-35-32-29-24-21-18-15-12-9-6-3)61-55(58)49-46-43-40-37-34-30-26-23-20-17-14-11-8-5-2/h27-34,38,41,52H,4-26,35-37,39-40,42-51H2,1-3H3/b28-27-,32-29-,33-31-,34-30-,41-38-. The Morgan fingerprint density at radius 2 is 0.672 bits per heavy atom. The highest BCUT2D eigenvalue weighted by Crippen LogP contribution is 2.13. The number of carbonyl (C=O) groups is 3. The SMILES string of the molecule is CCCCCCCC/C=C\C/C=C\CCC(=O)OCC(COC(=O)CCCCC/C=C\C=C/CCCCCCCCC)OC(=O)CCCCC/C=C\CCCCCCCCC. The molecule has 0 aliphatic rings. The van der Waals surface area contributed by atoms with Crippen molar-refractivity contribution in [3.63, 3.8) is 0 Å². The van der Waals surface area contributed by atoms with E-state index in [2.05, 4.69) is 75.5 Å². The summed E-state index contributed by atoms with van der Waals surface area (Å²) in [7, 11) is 0. The number of ether oxygens (including phenoxy) is 3. The average Bonchev–Trinajstić information content (AvgIpc) is 3.26. The third kappa shape index (κ3) is 48.0. The summed E-state index contributed by atoms with van der Waals surface area (Å²) in [4.78, 5) is 37.9. The molecule has 0 fully saturated rings. The molecule has 0 amide bonds. The van der Waals surface area contributed by atoms with Crippen LogP contribution in [0, 0.1) is 0 Å². The maximum atomic E-state index is 12.8. The number of hydrogen-bond donors (Lipinski definition) is 0. The second-order valence-electron chi connectivity index (χ2n) is 17.1. The minimum atomic E-state index is -0.814. The van der Waals surface area contributed by atoms with Crippen LogP contribution in [-0.2, 0) is 28.6 Å². The van der Waals surface area contributed by atoms with Crippen molar-refractivity contribution in [2.75, 3.05) is 13.2 Å². The van der Waals surface area contributed by atoms with Gasteiger partial charge >= 0.3 is 17.9 Å². The molecule has 0 saturated carbocycles. The maximum absolute atomic E-state index is 12.8. The van der Waals surface area contributed by atoms with Crippen LogP contribution < -0.4 is 0 Å². The zero-order chi connectivity index (χ0) is 44.4. The molecule has 352 valence electrons. The first-order valence-corrected chi connectivity index (χ1v) is 25.8. The van der Waals surface area contributed by atoms with Gasteiger partial charge in [0.15, 0.2) is 6.10 Å². The molecule has 0 aliphatic carbocycles. The Kier molecular flexibility index (Phi) is 47.4. The molecule has 0 heterocycles. The molecule has 0 aliphatic heterocycles. The molecule has 0 bridgehead atoms. The van der Waals surface area contributed by atoms with Gasteiger partial charge in [-0.25, -0.2) is 0 Å². The molecule has 1 unspecified atom stereocenters. The molecule has 0 radical (unpaired) electrons. The summed E-state index contributed by atoms with van der Waals surface area (Å²) in [5, 5.41) is 0.